The smallest absolute Gasteiger partial charge is 0.276 e. The molecule has 1 aromatic carbocycles. The molecule has 0 aliphatic rings. The van der Waals surface area contributed by atoms with Crippen LogP contribution in [0.5, 0.6) is 0 Å². The number of rotatable bonds is 3. The van der Waals surface area contributed by atoms with E-state index in [-0.39, 0.29) is 17.1 Å². The van der Waals surface area contributed by atoms with E-state index in [1.54, 1.807) is 6.92 Å². The number of anilines is 1. The molecule has 0 radical (unpaired) electrons. The molecule has 1 heterocycles. The van der Waals surface area contributed by atoms with Crippen LogP contribution in [0.4, 0.5) is 10.1 Å². The molecule has 98 valence electrons. The van der Waals surface area contributed by atoms with Crippen molar-refractivity contribution in [1.29, 1.82) is 0 Å². The van der Waals surface area contributed by atoms with Gasteiger partial charge in [-0.2, -0.15) is 5.10 Å². The van der Waals surface area contributed by atoms with Gasteiger partial charge in [-0.05, 0) is 37.3 Å². The second-order valence-electron chi connectivity index (χ2n) is 3.83. The van der Waals surface area contributed by atoms with Crippen molar-refractivity contribution in [2.45, 2.75) is 13.5 Å². The quantitative estimate of drug-likeness (QED) is 0.913. The Kier molecular flexibility index (Phi) is 3.70. The van der Waals surface area contributed by atoms with Crippen LogP contribution in [0.2, 0.25) is 0 Å². The fourth-order valence-corrected chi connectivity index (χ4v) is 1.52. The van der Waals surface area contributed by atoms with Crippen LogP contribution in [0.3, 0.4) is 0 Å². The summed E-state index contributed by atoms with van der Waals surface area (Å²) < 4.78 is 13.9. The molecular weight excluding hydrogens is 249 g/mol. The Morgan fingerprint density at radius 2 is 1.95 bits per heavy atom. The Hall–Kier alpha value is -2.50. The zero-order chi connectivity index (χ0) is 13.8. The summed E-state index contributed by atoms with van der Waals surface area (Å²) in [7, 11) is 0. The lowest BCUT2D eigenvalue weighted by atomic mass is 10.3. The summed E-state index contributed by atoms with van der Waals surface area (Å²) >= 11 is 0. The molecule has 1 N–H and O–H groups in total. The van der Waals surface area contributed by atoms with Crippen molar-refractivity contribution in [2.24, 2.45) is 0 Å². The summed E-state index contributed by atoms with van der Waals surface area (Å²) in [5, 5.41) is 6.50. The monoisotopic (exact) mass is 261 g/mol. The maximum atomic E-state index is 12.7. The first-order valence-electron chi connectivity index (χ1n) is 5.75. The number of nitrogens with zero attached hydrogens (tertiary/aromatic N) is 2. The molecule has 1 amide bonds. The number of hydrogen-bond donors (Lipinski definition) is 1. The molecule has 0 bridgehead atoms. The van der Waals surface area contributed by atoms with Gasteiger partial charge in [-0.1, -0.05) is 0 Å². The van der Waals surface area contributed by atoms with Gasteiger partial charge in [0.25, 0.3) is 11.5 Å². The van der Waals surface area contributed by atoms with E-state index in [0.29, 0.717) is 12.2 Å². The maximum absolute atomic E-state index is 12.7. The van der Waals surface area contributed by atoms with Crippen LogP contribution < -0.4 is 10.9 Å². The molecule has 0 spiro atoms. The van der Waals surface area contributed by atoms with Gasteiger partial charge in [0.15, 0.2) is 0 Å². The van der Waals surface area contributed by atoms with E-state index in [9.17, 15) is 14.0 Å². The Bertz CT molecular complexity index is 650. The molecule has 1 aromatic heterocycles. The average Bonchev–Trinajstić information content (AvgIpc) is 2.42. The average molecular weight is 261 g/mol. The summed E-state index contributed by atoms with van der Waals surface area (Å²) in [5.41, 5.74) is 0.328. The molecule has 0 aliphatic carbocycles. The molecule has 0 unspecified atom stereocenters. The summed E-state index contributed by atoms with van der Waals surface area (Å²) in [6.07, 6.45) is 0. The molecule has 0 fully saturated rings. The Labute approximate surface area is 108 Å². The fraction of sp³-hybridized carbons (Fsp3) is 0.154. The molecule has 0 saturated heterocycles. The van der Waals surface area contributed by atoms with E-state index in [2.05, 4.69) is 10.4 Å². The van der Waals surface area contributed by atoms with Crippen LogP contribution in [0.1, 0.15) is 17.4 Å². The topological polar surface area (TPSA) is 64.0 Å². The number of amides is 1. The summed E-state index contributed by atoms with van der Waals surface area (Å²) in [6, 6.07) is 8.03. The summed E-state index contributed by atoms with van der Waals surface area (Å²) in [6.45, 7) is 2.15. The highest BCUT2D eigenvalue weighted by atomic mass is 19.1. The molecule has 0 aliphatic heterocycles. The Morgan fingerprint density at radius 3 is 2.58 bits per heavy atom. The van der Waals surface area contributed by atoms with Crippen LogP contribution in [-0.2, 0) is 6.54 Å². The van der Waals surface area contributed by atoms with Gasteiger partial charge in [-0.15, -0.1) is 0 Å². The van der Waals surface area contributed by atoms with E-state index in [4.69, 9.17) is 0 Å². The van der Waals surface area contributed by atoms with Crippen molar-refractivity contribution in [2.75, 3.05) is 5.32 Å². The number of aryl methyl sites for hydroxylation is 1. The number of hydrogen-bond acceptors (Lipinski definition) is 3. The molecule has 5 nitrogen and oxygen atoms in total. The number of benzene rings is 1. The SMILES string of the molecule is CCn1nc(C(=O)Nc2ccc(F)cc2)ccc1=O. The predicted molar refractivity (Wildman–Crippen MR) is 68.5 cm³/mol. The van der Waals surface area contributed by atoms with Gasteiger partial charge >= 0.3 is 0 Å². The lowest BCUT2D eigenvalue weighted by Crippen LogP contribution is -2.25. The van der Waals surface area contributed by atoms with Crippen molar-refractivity contribution in [1.82, 2.24) is 9.78 Å². The fourth-order valence-electron chi connectivity index (χ4n) is 1.52. The van der Waals surface area contributed by atoms with Gasteiger partial charge in [0, 0.05) is 18.3 Å². The first-order chi connectivity index (χ1) is 9.10. The van der Waals surface area contributed by atoms with E-state index < -0.39 is 5.91 Å². The lowest BCUT2D eigenvalue weighted by molar-refractivity contribution is 0.102. The highest BCUT2D eigenvalue weighted by Crippen LogP contribution is 2.09. The molecule has 19 heavy (non-hydrogen) atoms. The predicted octanol–water partition coefficient (Wildman–Crippen LogP) is 1.65. The van der Waals surface area contributed by atoms with Crippen LogP contribution in [0.15, 0.2) is 41.2 Å². The number of halogens is 1. The standard InChI is InChI=1S/C13H12FN3O2/c1-2-17-12(18)8-7-11(16-17)13(19)15-10-5-3-9(14)4-6-10/h3-8H,2H2,1H3,(H,15,19). The zero-order valence-electron chi connectivity index (χ0n) is 10.3. The van der Waals surface area contributed by atoms with Crippen molar-refractivity contribution >= 4 is 11.6 Å². The normalized spacial score (nSPS) is 10.2. The van der Waals surface area contributed by atoms with E-state index in [1.807, 2.05) is 0 Å². The molecular formula is C13H12FN3O2. The zero-order valence-corrected chi connectivity index (χ0v) is 10.3. The highest BCUT2D eigenvalue weighted by Gasteiger charge is 2.09. The van der Waals surface area contributed by atoms with Crippen LogP contribution >= 0.6 is 0 Å². The number of carbonyl (C=O) groups is 1. The Morgan fingerprint density at radius 1 is 1.26 bits per heavy atom. The molecule has 0 saturated carbocycles. The van der Waals surface area contributed by atoms with Gasteiger partial charge in [0.05, 0.1) is 0 Å². The minimum absolute atomic E-state index is 0.130. The number of aromatic nitrogens is 2. The largest absolute Gasteiger partial charge is 0.321 e. The summed E-state index contributed by atoms with van der Waals surface area (Å²) in [4.78, 5) is 23.2. The van der Waals surface area contributed by atoms with E-state index in [1.165, 1.54) is 41.1 Å². The molecule has 0 atom stereocenters. The third-order valence-corrected chi connectivity index (χ3v) is 2.50. The minimum Gasteiger partial charge on any atom is -0.321 e. The van der Waals surface area contributed by atoms with Crippen LogP contribution in [0, 0.1) is 5.82 Å². The lowest BCUT2D eigenvalue weighted by Gasteiger charge is -2.06. The number of nitrogens with one attached hydrogen (secondary N) is 1. The molecule has 2 aromatic rings. The van der Waals surface area contributed by atoms with E-state index in [0.717, 1.165) is 0 Å². The second-order valence-corrected chi connectivity index (χ2v) is 3.83. The van der Waals surface area contributed by atoms with Crippen LogP contribution in [-0.4, -0.2) is 15.7 Å². The van der Waals surface area contributed by atoms with Crippen molar-refractivity contribution < 1.29 is 9.18 Å². The van der Waals surface area contributed by atoms with Crippen molar-refractivity contribution in [3.63, 3.8) is 0 Å². The van der Waals surface area contributed by atoms with Gasteiger partial charge in [0.2, 0.25) is 0 Å². The first-order valence-corrected chi connectivity index (χ1v) is 5.75. The number of carbonyl (C=O) groups excluding carboxylic acids is 1. The molecule has 6 heteroatoms. The highest BCUT2D eigenvalue weighted by molar-refractivity contribution is 6.02. The third-order valence-electron chi connectivity index (χ3n) is 2.50. The first kappa shape index (κ1) is 12.9. The second kappa shape index (κ2) is 5.43. The molecule has 2 rings (SSSR count). The van der Waals surface area contributed by atoms with Crippen molar-refractivity contribution in [3.05, 3.63) is 58.3 Å². The maximum Gasteiger partial charge on any atom is 0.276 e. The summed E-state index contributed by atoms with van der Waals surface area (Å²) in [5.74, 6) is -0.829. The minimum atomic E-state index is -0.450. The van der Waals surface area contributed by atoms with Gasteiger partial charge < -0.3 is 5.32 Å². The Balaban J connectivity index is 2.20. The third kappa shape index (κ3) is 3.04. The van der Waals surface area contributed by atoms with Crippen LogP contribution in [0.25, 0.3) is 0 Å². The van der Waals surface area contributed by atoms with Gasteiger partial charge in [-0.3, -0.25) is 9.59 Å². The van der Waals surface area contributed by atoms with Gasteiger partial charge in [-0.25, -0.2) is 9.07 Å². The van der Waals surface area contributed by atoms with Crippen molar-refractivity contribution in [3.8, 4) is 0 Å². The van der Waals surface area contributed by atoms with E-state index >= 15 is 0 Å². The van der Waals surface area contributed by atoms with Gasteiger partial charge in [0.1, 0.15) is 11.5 Å².